The zero-order valence-electron chi connectivity index (χ0n) is 13.2. The van der Waals surface area contributed by atoms with Crippen molar-refractivity contribution in [2.24, 2.45) is 5.92 Å². The van der Waals surface area contributed by atoms with Crippen LogP contribution in [0.4, 0.5) is 4.39 Å². The molecule has 0 aliphatic rings. The third kappa shape index (κ3) is 3.60. The fourth-order valence-electron chi connectivity index (χ4n) is 3.06. The first kappa shape index (κ1) is 16.4. The average Bonchev–Trinajstić information content (AvgIpc) is 2.53. The smallest absolute Gasteiger partial charge is 0.135 e. The van der Waals surface area contributed by atoms with Crippen molar-refractivity contribution < 1.29 is 9.18 Å². The Balaban J connectivity index is 2.36. The van der Waals surface area contributed by atoms with E-state index in [1.807, 2.05) is 37.4 Å². The number of nitrogens with one attached hydrogen (secondary N) is 1. The van der Waals surface area contributed by atoms with Gasteiger partial charge in [0.1, 0.15) is 11.6 Å². The van der Waals surface area contributed by atoms with Crippen molar-refractivity contribution in [3.63, 3.8) is 0 Å². The summed E-state index contributed by atoms with van der Waals surface area (Å²) >= 11 is 0. The summed E-state index contributed by atoms with van der Waals surface area (Å²) in [5.41, 5.74) is 2.05. The number of carbonyl (C=O) groups excluding carboxylic acids is 1. The van der Waals surface area contributed by atoms with Gasteiger partial charge < -0.3 is 5.32 Å². The number of Topliss-reactive ketones (excluding diaryl/α,β-unsaturated/α-hetero) is 1. The molecule has 2 aromatic rings. The van der Waals surface area contributed by atoms with Crippen LogP contribution in [-0.4, -0.2) is 12.8 Å². The molecule has 0 amide bonds. The minimum absolute atomic E-state index is 0.0706. The van der Waals surface area contributed by atoms with Gasteiger partial charge in [-0.15, -0.1) is 0 Å². The Hall–Kier alpha value is -2.00. The van der Waals surface area contributed by atoms with E-state index in [-0.39, 0.29) is 29.5 Å². The van der Waals surface area contributed by atoms with Crippen LogP contribution in [0.25, 0.3) is 0 Å². The summed E-state index contributed by atoms with van der Waals surface area (Å²) < 4.78 is 13.1. The molecule has 116 valence electrons. The summed E-state index contributed by atoms with van der Waals surface area (Å²) in [6.07, 6.45) is 0. The molecular weight excluding hydrogens is 277 g/mol. The van der Waals surface area contributed by atoms with E-state index in [2.05, 4.69) is 12.2 Å². The molecule has 3 atom stereocenters. The van der Waals surface area contributed by atoms with Gasteiger partial charge in [-0.25, -0.2) is 4.39 Å². The van der Waals surface area contributed by atoms with E-state index in [1.165, 1.54) is 12.1 Å². The summed E-state index contributed by atoms with van der Waals surface area (Å²) in [5.74, 6) is -0.284. The molecule has 0 bridgehead atoms. The molecule has 0 aromatic heterocycles. The van der Waals surface area contributed by atoms with Gasteiger partial charge in [-0.2, -0.15) is 0 Å². The fraction of sp³-hybridized carbons (Fsp3) is 0.316. The van der Waals surface area contributed by atoms with Crippen LogP contribution in [0.2, 0.25) is 0 Å². The van der Waals surface area contributed by atoms with Gasteiger partial charge >= 0.3 is 0 Å². The summed E-state index contributed by atoms with van der Waals surface area (Å²) in [6, 6.07) is 16.2. The first-order valence-corrected chi connectivity index (χ1v) is 7.52. The van der Waals surface area contributed by atoms with Gasteiger partial charge in [-0.1, -0.05) is 49.4 Å². The highest BCUT2D eigenvalue weighted by atomic mass is 19.1. The monoisotopic (exact) mass is 299 g/mol. The fourth-order valence-corrected chi connectivity index (χ4v) is 3.06. The van der Waals surface area contributed by atoms with E-state index >= 15 is 0 Å². The average molecular weight is 299 g/mol. The third-order valence-corrected chi connectivity index (χ3v) is 4.23. The van der Waals surface area contributed by atoms with Gasteiger partial charge in [-0.3, -0.25) is 4.79 Å². The number of hydrogen-bond acceptors (Lipinski definition) is 2. The third-order valence-electron chi connectivity index (χ3n) is 4.23. The first-order chi connectivity index (χ1) is 10.5. The quantitative estimate of drug-likeness (QED) is 0.870. The van der Waals surface area contributed by atoms with E-state index in [1.54, 1.807) is 19.1 Å². The maximum absolute atomic E-state index is 13.1. The highest BCUT2D eigenvalue weighted by Crippen LogP contribution is 2.35. The number of ketones is 1. The number of halogens is 1. The number of hydrogen-bond donors (Lipinski definition) is 1. The normalized spacial score (nSPS) is 15.1. The van der Waals surface area contributed by atoms with Gasteiger partial charge in [0.05, 0.1) is 0 Å². The molecule has 0 fully saturated rings. The van der Waals surface area contributed by atoms with Crippen LogP contribution in [0, 0.1) is 11.7 Å². The highest BCUT2D eigenvalue weighted by Gasteiger charge is 2.31. The maximum Gasteiger partial charge on any atom is 0.135 e. The van der Waals surface area contributed by atoms with Crippen molar-refractivity contribution in [3.05, 3.63) is 71.5 Å². The molecule has 2 rings (SSSR count). The molecule has 0 saturated heterocycles. The van der Waals surface area contributed by atoms with Crippen LogP contribution >= 0.6 is 0 Å². The van der Waals surface area contributed by atoms with Crippen LogP contribution in [-0.2, 0) is 4.79 Å². The van der Waals surface area contributed by atoms with Crippen LogP contribution in [0.15, 0.2) is 54.6 Å². The van der Waals surface area contributed by atoms with Crippen molar-refractivity contribution >= 4 is 5.78 Å². The molecule has 0 spiro atoms. The SMILES string of the molecule is CNC(c1ccc(F)cc1)C(C(C)=O)C(C)c1ccccc1. The van der Waals surface area contributed by atoms with Gasteiger partial charge in [0.25, 0.3) is 0 Å². The Morgan fingerprint density at radius 3 is 2.09 bits per heavy atom. The minimum Gasteiger partial charge on any atom is -0.312 e. The summed E-state index contributed by atoms with van der Waals surface area (Å²) in [4.78, 5) is 12.3. The minimum atomic E-state index is -0.269. The van der Waals surface area contributed by atoms with Gasteiger partial charge in [-0.05, 0) is 43.1 Å². The Bertz CT molecular complexity index is 609. The van der Waals surface area contributed by atoms with E-state index in [9.17, 15) is 9.18 Å². The lowest BCUT2D eigenvalue weighted by Crippen LogP contribution is -2.33. The van der Waals surface area contributed by atoms with Crippen molar-refractivity contribution in [2.45, 2.75) is 25.8 Å². The van der Waals surface area contributed by atoms with Crippen LogP contribution in [0.3, 0.4) is 0 Å². The number of carbonyl (C=O) groups is 1. The second kappa shape index (κ2) is 7.32. The van der Waals surface area contributed by atoms with Crippen LogP contribution < -0.4 is 5.32 Å². The molecule has 0 aliphatic carbocycles. The topological polar surface area (TPSA) is 29.1 Å². The zero-order chi connectivity index (χ0) is 16.1. The van der Waals surface area contributed by atoms with Crippen LogP contribution in [0.1, 0.15) is 36.9 Å². The highest BCUT2D eigenvalue weighted by molar-refractivity contribution is 5.80. The maximum atomic E-state index is 13.1. The van der Waals surface area contributed by atoms with E-state index in [0.29, 0.717) is 0 Å². The molecular formula is C19H22FNO. The van der Waals surface area contributed by atoms with Crippen molar-refractivity contribution in [2.75, 3.05) is 7.05 Å². The molecule has 3 unspecified atom stereocenters. The van der Waals surface area contributed by atoms with E-state index in [4.69, 9.17) is 0 Å². The molecule has 0 radical (unpaired) electrons. The molecule has 1 N–H and O–H groups in total. The summed E-state index contributed by atoms with van der Waals surface area (Å²) in [7, 11) is 1.83. The van der Waals surface area contributed by atoms with Crippen LogP contribution in [0.5, 0.6) is 0 Å². The van der Waals surface area contributed by atoms with Gasteiger partial charge in [0, 0.05) is 12.0 Å². The molecule has 2 aromatic carbocycles. The summed E-state index contributed by atoms with van der Waals surface area (Å²) in [5, 5.41) is 3.23. The van der Waals surface area contributed by atoms with Crippen molar-refractivity contribution in [1.82, 2.24) is 5.32 Å². The Labute approximate surface area is 131 Å². The standard InChI is InChI=1S/C19H22FNO/c1-13(15-7-5-4-6-8-15)18(14(2)22)19(21-3)16-9-11-17(20)12-10-16/h4-13,18-19,21H,1-3H3. The molecule has 2 nitrogen and oxygen atoms in total. The lowest BCUT2D eigenvalue weighted by molar-refractivity contribution is -0.122. The molecule has 3 heteroatoms. The predicted molar refractivity (Wildman–Crippen MR) is 87.2 cm³/mol. The van der Waals surface area contributed by atoms with Crippen molar-refractivity contribution in [3.8, 4) is 0 Å². The van der Waals surface area contributed by atoms with Crippen molar-refractivity contribution in [1.29, 1.82) is 0 Å². The summed E-state index contributed by atoms with van der Waals surface area (Å²) in [6.45, 7) is 3.69. The number of rotatable bonds is 6. The lowest BCUT2D eigenvalue weighted by Gasteiger charge is -2.30. The first-order valence-electron chi connectivity index (χ1n) is 7.52. The number of benzene rings is 2. The second-order valence-electron chi connectivity index (χ2n) is 5.65. The van der Waals surface area contributed by atoms with E-state index < -0.39 is 0 Å². The predicted octanol–water partition coefficient (Wildman–Crippen LogP) is 4.10. The Kier molecular flexibility index (Phi) is 5.45. The largest absolute Gasteiger partial charge is 0.312 e. The van der Waals surface area contributed by atoms with E-state index in [0.717, 1.165) is 11.1 Å². The molecule has 0 aliphatic heterocycles. The Morgan fingerprint density at radius 2 is 1.59 bits per heavy atom. The van der Waals surface area contributed by atoms with Gasteiger partial charge in [0.15, 0.2) is 0 Å². The van der Waals surface area contributed by atoms with Gasteiger partial charge in [0.2, 0.25) is 0 Å². The zero-order valence-corrected chi connectivity index (χ0v) is 13.2. The second-order valence-corrected chi connectivity index (χ2v) is 5.65. The lowest BCUT2D eigenvalue weighted by atomic mass is 9.78. The molecule has 0 saturated carbocycles. The Morgan fingerprint density at radius 1 is 1.00 bits per heavy atom. The molecule has 0 heterocycles. The molecule has 22 heavy (non-hydrogen) atoms.